The van der Waals surface area contributed by atoms with Gasteiger partial charge in [-0.15, -0.1) is 24.7 Å². The summed E-state index contributed by atoms with van der Waals surface area (Å²) in [5, 5.41) is 18.4. The van der Waals surface area contributed by atoms with Crippen molar-refractivity contribution in [2.45, 2.75) is 102 Å². The fourth-order valence-corrected chi connectivity index (χ4v) is 2.83. The van der Waals surface area contributed by atoms with Crippen molar-refractivity contribution in [1.29, 1.82) is 0 Å². The van der Waals surface area contributed by atoms with Crippen molar-refractivity contribution in [2.24, 2.45) is 0 Å². The van der Waals surface area contributed by atoms with E-state index in [4.69, 9.17) is 12.8 Å². The Balaban J connectivity index is 3.45. The molecule has 2 heteroatoms. The second-order valence-electron chi connectivity index (χ2n) is 7.57. The average Bonchev–Trinajstić information content (AvgIpc) is 2.81. The van der Waals surface area contributed by atoms with Crippen molar-refractivity contribution < 1.29 is 10.2 Å². The molecule has 0 saturated carbocycles. The van der Waals surface area contributed by atoms with E-state index < -0.39 is 12.2 Å². The Labute approximate surface area is 197 Å². The summed E-state index contributed by atoms with van der Waals surface area (Å²) in [5.74, 6) is 17.4. The maximum atomic E-state index is 9.19. The monoisotopic (exact) mass is 432 g/mol. The molecule has 0 heterocycles. The summed E-state index contributed by atoms with van der Waals surface area (Å²) in [6.07, 6.45) is 34.9. The molecule has 0 unspecified atom stereocenters. The lowest BCUT2D eigenvalue weighted by Gasteiger charge is -1.97. The van der Waals surface area contributed by atoms with E-state index in [-0.39, 0.29) is 0 Å². The molecule has 0 aliphatic rings. The smallest absolute Gasteiger partial charge is 0.133 e. The summed E-state index contributed by atoms with van der Waals surface area (Å²) in [7, 11) is 0. The minimum Gasteiger partial charge on any atom is -0.377 e. The van der Waals surface area contributed by atoms with E-state index in [0.29, 0.717) is 0 Å². The van der Waals surface area contributed by atoms with E-state index in [0.717, 1.165) is 64.2 Å². The Bertz CT molecular complexity index is 670. The molecule has 0 bridgehead atoms. The van der Waals surface area contributed by atoms with Crippen molar-refractivity contribution in [1.82, 2.24) is 0 Å². The molecule has 0 aliphatic heterocycles. The molecule has 0 aromatic heterocycles. The van der Waals surface area contributed by atoms with Crippen molar-refractivity contribution >= 4 is 0 Å². The molecule has 0 aliphatic carbocycles. The first-order chi connectivity index (χ1) is 15.7. The minimum absolute atomic E-state index is 0.747. The van der Waals surface area contributed by atoms with Gasteiger partial charge in [-0.2, -0.15) is 0 Å². The third-order valence-corrected chi connectivity index (χ3v) is 4.68. The van der Waals surface area contributed by atoms with Gasteiger partial charge in [-0.3, -0.25) is 0 Å². The second kappa shape index (κ2) is 24.6. The quantitative estimate of drug-likeness (QED) is 0.175. The number of unbranched alkanes of at least 4 members (excludes halogenated alkanes) is 10. The molecule has 0 amide bonds. The van der Waals surface area contributed by atoms with Crippen LogP contribution in [0.3, 0.4) is 0 Å². The highest BCUT2D eigenvalue weighted by Gasteiger charge is 1.91. The predicted octanol–water partition coefficient (Wildman–Crippen LogP) is 6.11. The molecule has 2 nitrogen and oxygen atoms in total. The highest BCUT2D eigenvalue weighted by molar-refractivity contribution is 5.09. The van der Waals surface area contributed by atoms with E-state index in [1.54, 1.807) is 12.2 Å². The zero-order chi connectivity index (χ0) is 23.5. The number of terminal acetylenes is 2. The van der Waals surface area contributed by atoms with Crippen LogP contribution in [0, 0.1) is 48.4 Å². The van der Waals surface area contributed by atoms with Crippen LogP contribution in [0.2, 0.25) is 0 Å². The van der Waals surface area contributed by atoms with Crippen LogP contribution in [0.25, 0.3) is 0 Å². The van der Waals surface area contributed by atoms with E-state index in [1.807, 2.05) is 12.2 Å². The number of aliphatic hydroxyl groups excluding tert-OH is 2. The fraction of sp³-hybridized carbons (Fsp3) is 0.533. The molecule has 0 aromatic carbocycles. The second-order valence-corrected chi connectivity index (χ2v) is 7.57. The zero-order valence-electron chi connectivity index (χ0n) is 19.6. The van der Waals surface area contributed by atoms with Gasteiger partial charge in [0.1, 0.15) is 12.2 Å². The van der Waals surface area contributed by atoms with Crippen LogP contribution in [0.4, 0.5) is 0 Å². The third-order valence-electron chi connectivity index (χ3n) is 4.68. The molecule has 2 atom stereocenters. The highest BCUT2D eigenvalue weighted by atomic mass is 16.3. The molecule has 172 valence electrons. The van der Waals surface area contributed by atoms with E-state index in [9.17, 15) is 10.2 Å². The summed E-state index contributed by atoms with van der Waals surface area (Å²) in [6, 6.07) is 0. The number of rotatable bonds is 16. The van der Waals surface area contributed by atoms with Crippen molar-refractivity contribution in [2.75, 3.05) is 0 Å². The van der Waals surface area contributed by atoms with Gasteiger partial charge in [-0.05, 0) is 50.7 Å². The van der Waals surface area contributed by atoms with Gasteiger partial charge in [0.2, 0.25) is 0 Å². The lowest BCUT2D eigenvalue weighted by atomic mass is 10.1. The van der Waals surface area contributed by atoms with Gasteiger partial charge < -0.3 is 10.2 Å². The predicted molar refractivity (Wildman–Crippen MR) is 137 cm³/mol. The molecule has 0 spiro atoms. The standard InChI is InChI=1S/C30H40O2/c1-3-29(31)27-25-23-21-19-17-15-13-11-9-7-5-6-8-10-12-14-16-18-20-22-24-26-28-30(32)4-2/h1-2,5-6,25-32H,7-8,13-24H2/b6-5-,27-25+,28-26+/t29-,30-/m0/s1. The topological polar surface area (TPSA) is 40.5 Å². The van der Waals surface area contributed by atoms with E-state index >= 15 is 0 Å². The van der Waals surface area contributed by atoms with Crippen LogP contribution < -0.4 is 0 Å². The molecule has 32 heavy (non-hydrogen) atoms. The third kappa shape index (κ3) is 23.7. The molecular weight excluding hydrogens is 392 g/mol. The van der Waals surface area contributed by atoms with Crippen molar-refractivity contribution in [3.05, 3.63) is 36.5 Å². The Hall–Kier alpha value is -2.62. The first-order valence-electron chi connectivity index (χ1n) is 11.9. The molecule has 0 fully saturated rings. The normalized spacial score (nSPS) is 12.6. The maximum Gasteiger partial charge on any atom is 0.133 e. The van der Waals surface area contributed by atoms with Crippen LogP contribution in [0.5, 0.6) is 0 Å². The SMILES string of the molecule is C#C[C@H](O)/C=C/CCCCCCC#CC/C=C\CC#CCCCCCC/C=C/[C@@H](O)C#C. The first-order valence-corrected chi connectivity index (χ1v) is 11.9. The van der Waals surface area contributed by atoms with Crippen LogP contribution >= 0.6 is 0 Å². The first kappa shape index (κ1) is 29.4. The summed E-state index contributed by atoms with van der Waals surface area (Å²) in [4.78, 5) is 0. The fourth-order valence-electron chi connectivity index (χ4n) is 2.83. The lowest BCUT2D eigenvalue weighted by Crippen LogP contribution is -1.95. The number of allylic oxidation sites excluding steroid dienone is 4. The lowest BCUT2D eigenvalue weighted by molar-refractivity contribution is 0.280. The van der Waals surface area contributed by atoms with Gasteiger partial charge in [0, 0.05) is 25.7 Å². The Morgan fingerprint density at radius 3 is 1.34 bits per heavy atom. The maximum absolute atomic E-state index is 9.19. The summed E-state index contributed by atoms with van der Waals surface area (Å²) in [6.45, 7) is 0. The van der Waals surface area contributed by atoms with E-state index in [2.05, 4.69) is 47.7 Å². The van der Waals surface area contributed by atoms with E-state index in [1.165, 1.54) is 25.7 Å². The molecule has 0 rings (SSSR count). The molecule has 0 saturated heterocycles. The number of hydrogen-bond acceptors (Lipinski definition) is 2. The summed E-state index contributed by atoms with van der Waals surface area (Å²) in [5.41, 5.74) is 0. The van der Waals surface area contributed by atoms with Crippen LogP contribution in [-0.4, -0.2) is 22.4 Å². The van der Waals surface area contributed by atoms with Gasteiger partial charge in [0.15, 0.2) is 0 Å². The Kier molecular flexibility index (Phi) is 22.6. The Morgan fingerprint density at radius 1 is 0.531 bits per heavy atom. The van der Waals surface area contributed by atoms with Crippen LogP contribution in [-0.2, 0) is 0 Å². The van der Waals surface area contributed by atoms with Gasteiger partial charge in [0.25, 0.3) is 0 Å². The molecule has 0 radical (unpaired) electrons. The molecular formula is C30H40O2. The molecule has 2 N–H and O–H groups in total. The summed E-state index contributed by atoms with van der Waals surface area (Å²) < 4.78 is 0. The zero-order valence-corrected chi connectivity index (χ0v) is 19.6. The number of aliphatic hydroxyl groups is 2. The Morgan fingerprint density at radius 2 is 0.938 bits per heavy atom. The van der Waals surface area contributed by atoms with Crippen LogP contribution in [0.15, 0.2) is 36.5 Å². The van der Waals surface area contributed by atoms with Crippen molar-refractivity contribution in [3.8, 4) is 48.4 Å². The average molecular weight is 433 g/mol. The van der Waals surface area contributed by atoms with Gasteiger partial charge in [-0.25, -0.2) is 0 Å². The van der Waals surface area contributed by atoms with Crippen molar-refractivity contribution in [3.63, 3.8) is 0 Å². The number of hydrogen-bond donors (Lipinski definition) is 2. The summed E-state index contributed by atoms with van der Waals surface area (Å²) >= 11 is 0. The van der Waals surface area contributed by atoms with Gasteiger partial charge >= 0.3 is 0 Å². The van der Waals surface area contributed by atoms with Gasteiger partial charge in [-0.1, -0.05) is 73.7 Å². The highest BCUT2D eigenvalue weighted by Crippen LogP contribution is 2.06. The van der Waals surface area contributed by atoms with Crippen LogP contribution in [0.1, 0.15) is 89.9 Å². The molecule has 0 aromatic rings. The largest absolute Gasteiger partial charge is 0.377 e. The van der Waals surface area contributed by atoms with Gasteiger partial charge in [0.05, 0.1) is 0 Å². The minimum atomic E-state index is -0.747.